The van der Waals surface area contributed by atoms with Crippen LogP contribution in [0.5, 0.6) is 28.7 Å². The van der Waals surface area contributed by atoms with Crippen LogP contribution in [0.4, 0.5) is 17.5 Å². The fraction of sp³-hybridized carbons (Fsp3) is 0.333. The molecule has 2 aromatic carbocycles. The molecule has 0 bridgehead atoms. The highest BCUT2D eigenvalue weighted by atomic mass is 16.5. The molecule has 160 valence electrons. The molecule has 0 spiro atoms. The van der Waals surface area contributed by atoms with Crippen LogP contribution in [0, 0.1) is 0 Å². The molecule has 2 N–H and O–H groups in total. The largest absolute Gasteiger partial charge is 0.493 e. The Morgan fingerprint density at radius 1 is 0.733 bits per heavy atom. The molecule has 3 rings (SSSR count). The summed E-state index contributed by atoms with van der Waals surface area (Å²) >= 11 is 0. The van der Waals surface area contributed by atoms with Crippen LogP contribution in [0.3, 0.4) is 0 Å². The molecule has 0 unspecified atom stereocenters. The minimum Gasteiger partial charge on any atom is -0.493 e. The predicted molar refractivity (Wildman–Crippen MR) is 116 cm³/mol. The van der Waals surface area contributed by atoms with Gasteiger partial charge in [0.2, 0.25) is 11.7 Å². The van der Waals surface area contributed by atoms with Crippen molar-refractivity contribution >= 4 is 28.4 Å². The summed E-state index contributed by atoms with van der Waals surface area (Å²) in [7, 11) is 7.88. The van der Waals surface area contributed by atoms with Gasteiger partial charge in [-0.25, -0.2) is 4.98 Å². The number of benzene rings is 2. The van der Waals surface area contributed by atoms with E-state index in [-0.39, 0.29) is 0 Å². The van der Waals surface area contributed by atoms with Gasteiger partial charge in [-0.15, -0.1) is 0 Å². The lowest BCUT2D eigenvalue weighted by atomic mass is 10.2. The monoisotopic (exact) mass is 414 g/mol. The SMILES string of the molecule is CCNc1nc(Nc2cc(OC)c(OC)c(OC)c2)c2cc(OC)c(OC)cc2n1. The van der Waals surface area contributed by atoms with Crippen LogP contribution >= 0.6 is 0 Å². The Labute approximate surface area is 175 Å². The summed E-state index contributed by atoms with van der Waals surface area (Å²) in [4.78, 5) is 9.21. The minimum atomic E-state index is 0.493. The highest BCUT2D eigenvalue weighted by molar-refractivity contribution is 5.94. The Morgan fingerprint density at radius 2 is 1.33 bits per heavy atom. The van der Waals surface area contributed by atoms with Crippen molar-refractivity contribution in [2.24, 2.45) is 0 Å². The standard InChI is InChI=1S/C21H26N4O5/c1-7-22-21-24-14-11-16(27-3)15(26-2)10-13(14)20(25-21)23-12-8-17(28-4)19(30-6)18(9-12)29-5/h8-11H,7H2,1-6H3,(H2,22,23,24,25). The summed E-state index contributed by atoms with van der Waals surface area (Å²) < 4.78 is 27.2. The molecule has 0 saturated carbocycles. The number of rotatable bonds is 9. The zero-order chi connectivity index (χ0) is 21.7. The average Bonchev–Trinajstić information content (AvgIpc) is 2.77. The Balaban J connectivity index is 2.17. The molecule has 0 amide bonds. The second-order valence-electron chi connectivity index (χ2n) is 6.19. The Morgan fingerprint density at radius 3 is 1.87 bits per heavy atom. The first-order chi connectivity index (χ1) is 14.6. The van der Waals surface area contributed by atoms with Crippen LogP contribution < -0.4 is 34.3 Å². The Hall–Kier alpha value is -3.62. The van der Waals surface area contributed by atoms with Crippen molar-refractivity contribution in [3.63, 3.8) is 0 Å². The van der Waals surface area contributed by atoms with Crippen molar-refractivity contribution in [1.29, 1.82) is 0 Å². The second kappa shape index (κ2) is 9.25. The fourth-order valence-electron chi connectivity index (χ4n) is 3.08. The molecule has 1 aromatic heterocycles. The molecule has 30 heavy (non-hydrogen) atoms. The first-order valence-corrected chi connectivity index (χ1v) is 9.33. The normalized spacial score (nSPS) is 10.5. The zero-order valence-corrected chi connectivity index (χ0v) is 18.0. The number of aromatic nitrogens is 2. The van der Waals surface area contributed by atoms with Gasteiger partial charge in [-0.2, -0.15) is 4.98 Å². The predicted octanol–water partition coefficient (Wildman–Crippen LogP) is 3.85. The molecule has 0 atom stereocenters. The fourth-order valence-corrected chi connectivity index (χ4v) is 3.08. The summed E-state index contributed by atoms with van der Waals surface area (Å²) in [6, 6.07) is 7.27. The zero-order valence-electron chi connectivity index (χ0n) is 18.0. The van der Waals surface area contributed by atoms with Gasteiger partial charge < -0.3 is 34.3 Å². The van der Waals surface area contributed by atoms with Gasteiger partial charge in [0, 0.05) is 35.8 Å². The van der Waals surface area contributed by atoms with Crippen LogP contribution in [-0.2, 0) is 0 Å². The number of hydrogen-bond acceptors (Lipinski definition) is 9. The quantitative estimate of drug-likeness (QED) is 0.541. The number of nitrogens with one attached hydrogen (secondary N) is 2. The first kappa shape index (κ1) is 21.1. The van der Waals surface area contributed by atoms with E-state index in [9.17, 15) is 0 Å². The van der Waals surface area contributed by atoms with Crippen molar-refractivity contribution in [3.8, 4) is 28.7 Å². The maximum absolute atomic E-state index is 5.45. The van der Waals surface area contributed by atoms with E-state index in [1.807, 2.05) is 31.2 Å². The van der Waals surface area contributed by atoms with Gasteiger partial charge >= 0.3 is 0 Å². The summed E-state index contributed by atoms with van der Waals surface area (Å²) in [6.07, 6.45) is 0. The molecule has 9 heteroatoms. The van der Waals surface area contributed by atoms with Crippen LogP contribution in [0.25, 0.3) is 10.9 Å². The number of anilines is 3. The van der Waals surface area contributed by atoms with E-state index in [0.29, 0.717) is 58.3 Å². The van der Waals surface area contributed by atoms with Crippen molar-refractivity contribution in [1.82, 2.24) is 9.97 Å². The molecular weight excluding hydrogens is 388 g/mol. The third kappa shape index (κ3) is 4.05. The summed E-state index contributed by atoms with van der Waals surface area (Å²) in [6.45, 7) is 2.66. The smallest absolute Gasteiger partial charge is 0.225 e. The van der Waals surface area contributed by atoms with E-state index >= 15 is 0 Å². The molecule has 0 aliphatic carbocycles. The molecule has 3 aromatic rings. The number of nitrogens with zero attached hydrogens (tertiary/aromatic N) is 2. The second-order valence-corrected chi connectivity index (χ2v) is 6.19. The van der Waals surface area contributed by atoms with Gasteiger partial charge in [0.05, 0.1) is 41.1 Å². The summed E-state index contributed by atoms with van der Waals surface area (Å²) in [5.74, 6) is 3.83. The highest BCUT2D eigenvalue weighted by Crippen LogP contribution is 2.41. The van der Waals surface area contributed by atoms with Gasteiger partial charge in [0.25, 0.3) is 0 Å². The maximum Gasteiger partial charge on any atom is 0.225 e. The molecular formula is C21H26N4O5. The number of hydrogen-bond donors (Lipinski definition) is 2. The van der Waals surface area contributed by atoms with Gasteiger partial charge in [-0.3, -0.25) is 0 Å². The van der Waals surface area contributed by atoms with E-state index in [2.05, 4.69) is 20.6 Å². The third-order valence-corrected chi connectivity index (χ3v) is 4.46. The minimum absolute atomic E-state index is 0.493. The van der Waals surface area contributed by atoms with E-state index in [1.165, 1.54) is 0 Å². The highest BCUT2D eigenvalue weighted by Gasteiger charge is 2.17. The molecule has 0 aliphatic heterocycles. The van der Waals surface area contributed by atoms with Crippen molar-refractivity contribution in [2.45, 2.75) is 6.92 Å². The lowest BCUT2D eigenvalue weighted by Crippen LogP contribution is -2.06. The van der Waals surface area contributed by atoms with Crippen molar-refractivity contribution < 1.29 is 23.7 Å². The van der Waals surface area contributed by atoms with Crippen LogP contribution in [0.15, 0.2) is 24.3 Å². The molecule has 1 heterocycles. The topological polar surface area (TPSA) is 96.0 Å². The number of fused-ring (bicyclic) bond motifs is 1. The van der Waals surface area contributed by atoms with Gasteiger partial charge in [-0.05, 0) is 13.0 Å². The van der Waals surface area contributed by atoms with Gasteiger partial charge in [-0.1, -0.05) is 0 Å². The Bertz CT molecular complexity index is 1020. The molecule has 9 nitrogen and oxygen atoms in total. The summed E-state index contributed by atoms with van der Waals surface area (Å²) in [5.41, 5.74) is 1.41. The number of ether oxygens (including phenoxy) is 5. The molecule has 0 saturated heterocycles. The molecule has 0 fully saturated rings. The molecule has 0 aliphatic rings. The summed E-state index contributed by atoms with van der Waals surface area (Å²) in [5, 5.41) is 7.25. The van der Waals surface area contributed by atoms with E-state index < -0.39 is 0 Å². The maximum atomic E-state index is 5.45. The Kier molecular flexibility index (Phi) is 6.51. The lowest BCUT2D eigenvalue weighted by molar-refractivity contribution is 0.324. The van der Waals surface area contributed by atoms with Crippen LogP contribution in [-0.4, -0.2) is 52.1 Å². The van der Waals surface area contributed by atoms with Crippen LogP contribution in [0.2, 0.25) is 0 Å². The van der Waals surface area contributed by atoms with E-state index in [4.69, 9.17) is 23.7 Å². The van der Waals surface area contributed by atoms with Gasteiger partial charge in [0.1, 0.15) is 5.82 Å². The van der Waals surface area contributed by atoms with E-state index in [0.717, 1.165) is 5.39 Å². The third-order valence-electron chi connectivity index (χ3n) is 4.46. The lowest BCUT2D eigenvalue weighted by Gasteiger charge is -2.17. The molecule has 0 radical (unpaired) electrons. The average molecular weight is 414 g/mol. The van der Waals surface area contributed by atoms with E-state index in [1.54, 1.807) is 35.5 Å². The van der Waals surface area contributed by atoms with Crippen molar-refractivity contribution in [3.05, 3.63) is 24.3 Å². The van der Waals surface area contributed by atoms with Gasteiger partial charge in [0.15, 0.2) is 23.0 Å². The number of methoxy groups -OCH3 is 5. The van der Waals surface area contributed by atoms with Crippen LogP contribution in [0.1, 0.15) is 6.92 Å². The first-order valence-electron chi connectivity index (χ1n) is 9.33. The van der Waals surface area contributed by atoms with Crippen molar-refractivity contribution in [2.75, 3.05) is 52.7 Å².